The van der Waals surface area contributed by atoms with Crippen LogP contribution in [0.4, 0.5) is 5.69 Å². The molecule has 0 fully saturated rings. The van der Waals surface area contributed by atoms with Gasteiger partial charge in [0.05, 0.1) is 18.9 Å². The van der Waals surface area contributed by atoms with E-state index in [2.05, 4.69) is 0 Å². The van der Waals surface area contributed by atoms with E-state index in [-0.39, 0.29) is 29.9 Å². The van der Waals surface area contributed by atoms with E-state index in [4.69, 9.17) is 18.8 Å². The number of hydrogen-bond acceptors (Lipinski definition) is 7. The van der Waals surface area contributed by atoms with Crippen LogP contribution >= 0.6 is 7.82 Å². The van der Waals surface area contributed by atoms with Gasteiger partial charge in [0.25, 0.3) is 0 Å². The lowest BCUT2D eigenvalue weighted by Gasteiger charge is -2.22. The van der Waals surface area contributed by atoms with Crippen LogP contribution in [0.5, 0.6) is 5.75 Å². The predicted molar refractivity (Wildman–Crippen MR) is 65.6 cm³/mol. The molecule has 8 heteroatoms. The first-order chi connectivity index (χ1) is 8.50. The highest BCUT2D eigenvalue weighted by molar-refractivity contribution is 7.48. The minimum atomic E-state index is -3.63. The molecule has 0 heterocycles. The minimum Gasteiger partial charge on any atom is -0.733 e. The third kappa shape index (κ3) is 4.29. The standard InChI is InChI=1S/C10H15NO6P/c1-3-15-18(14,16-4-2)17-10-7-5-9(6-8-10)11(12)13/h5-8,12H,3-4H2,1-2H3/q-1. The van der Waals surface area contributed by atoms with Crippen LogP contribution in [0.15, 0.2) is 24.3 Å². The van der Waals surface area contributed by atoms with Crippen LogP contribution in [0, 0.1) is 5.21 Å². The summed E-state index contributed by atoms with van der Waals surface area (Å²) < 4.78 is 27.0. The molecular formula is C10H15NO6P-. The number of phosphoric acid groups is 1. The number of rotatable bonds is 7. The van der Waals surface area contributed by atoms with Gasteiger partial charge in [-0.3, -0.25) is 14.3 Å². The topological polar surface area (TPSA) is 91.3 Å². The zero-order chi connectivity index (χ0) is 13.6. The van der Waals surface area contributed by atoms with Crippen molar-refractivity contribution in [1.82, 2.24) is 0 Å². The van der Waals surface area contributed by atoms with Gasteiger partial charge in [0.1, 0.15) is 5.75 Å². The summed E-state index contributed by atoms with van der Waals surface area (Å²) in [4.78, 5) is 0. The van der Waals surface area contributed by atoms with Gasteiger partial charge in [0.15, 0.2) is 0 Å². The van der Waals surface area contributed by atoms with E-state index in [0.29, 0.717) is 0 Å². The smallest absolute Gasteiger partial charge is 0.530 e. The number of nitrogens with zero attached hydrogens (tertiary/aromatic N) is 1. The van der Waals surface area contributed by atoms with Gasteiger partial charge in [-0.2, -0.15) is 0 Å². The molecule has 0 unspecified atom stereocenters. The highest BCUT2D eigenvalue weighted by Gasteiger charge is 2.27. The van der Waals surface area contributed by atoms with Crippen molar-refractivity contribution in [3.63, 3.8) is 0 Å². The summed E-state index contributed by atoms with van der Waals surface area (Å²) in [7, 11) is -3.63. The van der Waals surface area contributed by atoms with Gasteiger partial charge in [0.2, 0.25) is 0 Å². The molecule has 1 aromatic rings. The molecule has 0 aliphatic rings. The average molecular weight is 276 g/mol. The fourth-order valence-electron chi connectivity index (χ4n) is 1.17. The molecule has 102 valence electrons. The van der Waals surface area contributed by atoms with Gasteiger partial charge in [-0.05, 0) is 38.1 Å². The number of hydrogen-bond donors (Lipinski definition) is 1. The van der Waals surface area contributed by atoms with Crippen LogP contribution in [-0.4, -0.2) is 18.4 Å². The maximum Gasteiger partial charge on any atom is 0.530 e. The molecule has 1 aromatic carbocycles. The molecule has 7 nitrogen and oxygen atoms in total. The first-order valence-electron chi connectivity index (χ1n) is 5.35. The summed E-state index contributed by atoms with van der Waals surface area (Å²) in [6.07, 6.45) is 0. The van der Waals surface area contributed by atoms with E-state index >= 15 is 0 Å². The van der Waals surface area contributed by atoms with Crippen molar-refractivity contribution >= 4 is 13.5 Å². The fraction of sp³-hybridized carbons (Fsp3) is 0.400. The van der Waals surface area contributed by atoms with Gasteiger partial charge in [0, 0.05) is 0 Å². The maximum atomic E-state index is 12.0. The van der Waals surface area contributed by atoms with Crippen LogP contribution in [0.1, 0.15) is 13.8 Å². The average Bonchev–Trinajstić information content (AvgIpc) is 2.30. The van der Waals surface area contributed by atoms with E-state index in [1.54, 1.807) is 13.8 Å². The zero-order valence-corrected chi connectivity index (χ0v) is 11.0. The Morgan fingerprint density at radius 1 is 1.22 bits per heavy atom. The molecule has 0 aliphatic carbocycles. The van der Waals surface area contributed by atoms with Crippen molar-refractivity contribution < 1.29 is 23.3 Å². The Kier molecular flexibility index (Phi) is 5.58. The monoisotopic (exact) mass is 276 g/mol. The quantitative estimate of drug-likeness (QED) is 0.604. The molecule has 18 heavy (non-hydrogen) atoms. The third-order valence-electron chi connectivity index (χ3n) is 1.85. The predicted octanol–water partition coefficient (Wildman–Crippen LogP) is 2.94. The first-order valence-corrected chi connectivity index (χ1v) is 6.81. The second kappa shape index (κ2) is 6.72. The van der Waals surface area contributed by atoms with Crippen LogP contribution in [0.2, 0.25) is 0 Å². The normalized spacial score (nSPS) is 11.3. The van der Waals surface area contributed by atoms with Crippen LogP contribution in [0.3, 0.4) is 0 Å². The highest BCUT2D eigenvalue weighted by Crippen LogP contribution is 2.49. The van der Waals surface area contributed by atoms with Gasteiger partial charge >= 0.3 is 7.82 Å². The molecule has 0 saturated carbocycles. The largest absolute Gasteiger partial charge is 0.733 e. The van der Waals surface area contributed by atoms with Gasteiger partial charge in [-0.25, -0.2) is 4.57 Å². The molecular weight excluding hydrogens is 261 g/mol. The number of anilines is 1. The maximum absolute atomic E-state index is 12.0. The van der Waals surface area contributed by atoms with Gasteiger partial charge in [-0.1, -0.05) is 0 Å². The third-order valence-corrected chi connectivity index (χ3v) is 3.43. The molecule has 0 aromatic heterocycles. The summed E-state index contributed by atoms with van der Waals surface area (Å²) in [5, 5.41) is 18.9. The van der Waals surface area contributed by atoms with Crippen molar-refractivity contribution in [1.29, 1.82) is 0 Å². The van der Waals surface area contributed by atoms with Crippen molar-refractivity contribution in [3.05, 3.63) is 29.5 Å². The molecule has 0 saturated heterocycles. The fourth-order valence-corrected chi connectivity index (χ4v) is 2.36. The zero-order valence-electron chi connectivity index (χ0n) is 10.1. The van der Waals surface area contributed by atoms with Crippen molar-refractivity contribution in [2.75, 3.05) is 18.4 Å². The Balaban J connectivity index is 2.78. The molecule has 0 atom stereocenters. The van der Waals surface area contributed by atoms with E-state index in [1.165, 1.54) is 24.3 Å². The van der Waals surface area contributed by atoms with E-state index < -0.39 is 7.82 Å². The lowest BCUT2D eigenvalue weighted by atomic mass is 10.3. The molecule has 0 aliphatic heterocycles. The van der Waals surface area contributed by atoms with E-state index in [1.807, 2.05) is 0 Å². The summed E-state index contributed by atoms with van der Waals surface area (Å²) in [5.74, 6) is 0.214. The number of phosphoric ester groups is 1. The lowest BCUT2D eigenvalue weighted by molar-refractivity contribution is 0.167. The molecule has 0 bridgehead atoms. The summed E-state index contributed by atoms with van der Waals surface area (Å²) in [5.41, 5.74) is 0.0324. The molecule has 1 rings (SSSR count). The first kappa shape index (κ1) is 14.9. The minimum absolute atomic E-state index is 0.0324. The Hall–Kier alpha value is -1.11. The molecule has 0 spiro atoms. The van der Waals surface area contributed by atoms with Crippen LogP contribution in [-0.2, 0) is 13.6 Å². The van der Waals surface area contributed by atoms with Gasteiger partial charge in [-0.15, -0.1) is 0 Å². The Labute approximate surface area is 105 Å². The molecule has 0 radical (unpaired) electrons. The Morgan fingerprint density at radius 3 is 2.11 bits per heavy atom. The Bertz CT molecular complexity index is 397. The van der Waals surface area contributed by atoms with Crippen molar-refractivity contribution in [3.8, 4) is 5.75 Å². The van der Waals surface area contributed by atoms with E-state index in [9.17, 15) is 9.77 Å². The van der Waals surface area contributed by atoms with E-state index in [0.717, 1.165) is 0 Å². The molecule has 0 amide bonds. The molecule has 1 N–H and O–H groups in total. The SMILES string of the molecule is CCOP(=O)(OCC)Oc1ccc(N([O-])O)cc1. The van der Waals surface area contributed by atoms with Crippen molar-refractivity contribution in [2.45, 2.75) is 13.8 Å². The second-order valence-electron chi connectivity index (χ2n) is 3.14. The van der Waals surface area contributed by atoms with Gasteiger partial charge < -0.3 is 15.0 Å². The van der Waals surface area contributed by atoms with Crippen molar-refractivity contribution in [2.24, 2.45) is 0 Å². The highest BCUT2D eigenvalue weighted by atomic mass is 31.2. The Morgan fingerprint density at radius 2 is 1.72 bits per heavy atom. The summed E-state index contributed by atoms with van der Waals surface area (Å²) >= 11 is 0. The number of benzene rings is 1. The van der Waals surface area contributed by atoms with Crippen LogP contribution < -0.4 is 9.75 Å². The second-order valence-corrected chi connectivity index (χ2v) is 4.73. The van der Waals surface area contributed by atoms with Crippen LogP contribution in [0.25, 0.3) is 0 Å². The summed E-state index contributed by atoms with van der Waals surface area (Å²) in [6.45, 7) is 3.69. The lowest BCUT2D eigenvalue weighted by Crippen LogP contribution is -2.06. The summed E-state index contributed by atoms with van der Waals surface area (Å²) in [6, 6.07) is 5.37.